The van der Waals surface area contributed by atoms with Crippen LogP contribution in [0.2, 0.25) is 0 Å². The van der Waals surface area contributed by atoms with Crippen LogP contribution in [0.3, 0.4) is 0 Å². The molecule has 68 valence electrons. The first-order chi connectivity index (χ1) is 5.74. The third kappa shape index (κ3) is 4.15. The van der Waals surface area contributed by atoms with Crippen LogP contribution in [0.4, 0.5) is 0 Å². The molecule has 1 aliphatic heterocycles. The van der Waals surface area contributed by atoms with E-state index < -0.39 is 0 Å². The first kappa shape index (κ1) is 10.3. The van der Waals surface area contributed by atoms with Crippen molar-refractivity contribution in [3.8, 4) is 0 Å². The molecule has 0 fully saturated rings. The van der Waals surface area contributed by atoms with Crippen LogP contribution in [-0.2, 0) is 9.59 Å². The van der Waals surface area contributed by atoms with Gasteiger partial charge in [0, 0.05) is 19.4 Å². The number of carbonyl (C=O) groups excluding carboxylic acids is 1. The maximum absolute atomic E-state index is 9.86. The quantitative estimate of drug-likeness (QED) is 0.525. The molecule has 1 aliphatic rings. The lowest BCUT2D eigenvalue weighted by Crippen LogP contribution is -2.33. The molecule has 0 spiro atoms. The summed E-state index contributed by atoms with van der Waals surface area (Å²) in [5.74, 6) is 0. The van der Waals surface area contributed by atoms with Gasteiger partial charge in [-0.1, -0.05) is 0 Å². The summed E-state index contributed by atoms with van der Waals surface area (Å²) >= 11 is 0. The average Bonchev–Trinajstić information content (AvgIpc) is 2.38. The first-order valence-corrected chi connectivity index (χ1v) is 3.17. The Balaban J connectivity index is 0.000000354. The van der Waals surface area contributed by atoms with Gasteiger partial charge in [-0.25, -0.2) is 0 Å². The molecule has 0 aromatic heterocycles. The second-order valence-electron chi connectivity index (χ2n) is 2.02. The minimum absolute atomic E-state index is 0.250. The van der Waals surface area contributed by atoms with Gasteiger partial charge in [-0.15, -0.1) is 0 Å². The van der Waals surface area contributed by atoms with Crippen molar-refractivity contribution in [2.45, 2.75) is 0 Å². The van der Waals surface area contributed by atoms with Gasteiger partial charge in [-0.2, -0.15) is 0 Å². The fraction of sp³-hybridized carbons (Fsp3) is 0.333. The number of rotatable bonds is 2. The highest BCUT2D eigenvalue weighted by atomic mass is 16.3. The van der Waals surface area contributed by atoms with Gasteiger partial charge in [0.25, 0.3) is 6.47 Å². The van der Waals surface area contributed by atoms with Gasteiger partial charge in [0.2, 0.25) is 6.41 Å². The highest BCUT2D eigenvalue weighted by molar-refractivity contribution is 5.45. The molecule has 1 rings (SSSR count). The van der Waals surface area contributed by atoms with Crippen molar-refractivity contribution in [2.75, 3.05) is 13.7 Å². The van der Waals surface area contributed by atoms with Crippen LogP contribution >= 0.6 is 0 Å². The van der Waals surface area contributed by atoms with Gasteiger partial charge in [-0.3, -0.25) is 20.0 Å². The Labute approximate surface area is 70.0 Å². The summed E-state index contributed by atoms with van der Waals surface area (Å²) < 4.78 is 0. The number of nitrogens with one attached hydrogen (secondary N) is 1. The number of carboxylic acid groups (broad SMARTS) is 1. The molecule has 12 heavy (non-hydrogen) atoms. The van der Waals surface area contributed by atoms with Crippen LogP contribution in [0.5, 0.6) is 0 Å². The average molecular weight is 173 g/mol. The van der Waals surface area contributed by atoms with Gasteiger partial charge in [-0.05, 0) is 0 Å². The standard InChI is InChI=1S/C5H9N3O.CH2O2/c1-7-2-3-8(5-7)6-4-9;2-1-3/h2-4H,5H2,1H3,(H,6,9);1H,(H,2,3). The zero-order valence-corrected chi connectivity index (χ0v) is 6.67. The number of carbonyl (C=O) groups is 2. The SMILES string of the molecule is CN1C=CN(NC=O)C1.O=CO. The number of hydrogen-bond donors (Lipinski definition) is 2. The topological polar surface area (TPSA) is 72.9 Å². The van der Waals surface area contributed by atoms with E-state index in [1.807, 2.05) is 18.1 Å². The summed E-state index contributed by atoms with van der Waals surface area (Å²) in [5.41, 5.74) is 2.50. The lowest BCUT2D eigenvalue weighted by atomic mass is 10.9. The monoisotopic (exact) mass is 173 g/mol. The summed E-state index contributed by atoms with van der Waals surface area (Å²) in [6.45, 7) is 0.471. The van der Waals surface area contributed by atoms with Gasteiger partial charge >= 0.3 is 0 Å². The third-order valence-electron chi connectivity index (χ3n) is 1.10. The Morgan fingerprint density at radius 1 is 1.50 bits per heavy atom. The van der Waals surface area contributed by atoms with Crippen molar-refractivity contribution < 1.29 is 14.7 Å². The Bertz CT molecular complexity index is 171. The normalized spacial score (nSPS) is 13.4. The van der Waals surface area contributed by atoms with Crippen molar-refractivity contribution in [3.05, 3.63) is 12.4 Å². The first-order valence-electron chi connectivity index (χ1n) is 3.17. The third-order valence-corrected chi connectivity index (χ3v) is 1.10. The van der Waals surface area contributed by atoms with Gasteiger partial charge in [0.1, 0.15) is 6.67 Å². The van der Waals surface area contributed by atoms with E-state index in [2.05, 4.69) is 5.43 Å². The zero-order valence-electron chi connectivity index (χ0n) is 6.67. The molecule has 6 heteroatoms. The van der Waals surface area contributed by atoms with Gasteiger partial charge in [0.15, 0.2) is 0 Å². The lowest BCUT2D eigenvalue weighted by molar-refractivity contribution is -0.122. The van der Waals surface area contributed by atoms with Crippen LogP contribution < -0.4 is 5.43 Å². The highest BCUT2D eigenvalue weighted by Crippen LogP contribution is 1.97. The van der Waals surface area contributed by atoms with E-state index in [-0.39, 0.29) is 6.47 Å². The van der Waals surface area contributed by atoms with E-state index in [4.69, 9.17) is 9.90 Å². The molecular weight excluding hydrogens is 162 g/mol. The summed E-state index contributed by atoms with van der Waals surface area (Å²) in [6, 6.07) is 0. The molecular formula is C6H11N3O3. The van der Waals surface area contributed by atoms with Gasteiger partial charge < -0.3 is 10.0 Å². The number of hydrazine groups is 1. The Hall–Kier alpha value is -1.72. The molecule has 0 atom stereocenters. The van der Waals surface area contributed by atoms with E-state index in [0.29, 0.717) is 6.41 Å². The number of hydrogen-bond acceptors (Lipinski definition) is 4. The smallest absolute Gasteiger partial charge is 0.290 e. The van der Waals surface area contributed by atoms with E-state index in [9.17, 15) is 4.79 Å². The van der Waals surface area contributed by atoms with Crippen molar-refractivity contribution in [1.29, 1.82) is 0 Å². The summed E-state index contributed by atoms with van der Waals surface area (Å²) in [7, 11) is 1.93. The Kier molecular flexibility index (Phi) is 5.16. The summed E-state index contributed by atoms with van der Waals surface area (Å²) in [6.07, 6.45) is 4.34. The second kappa shape index (κ2) is 6.02. The summed E-state index contributed by atoms with van der Waals surface area (Å²) in [5, 5.41) is 8.58. The number of amides is 1. The number of nitrogens with zero attached hydrogens (tertiary/aromatic N) is 2. The predicted octanol–water partition coefficient (Wildman–Crippen LogP) is -0.976. The predicted molar refractivity (Wildman–Crippen MR) is 41.5 cm³/mol. The molecule has 0 saturated heterocycles. The van der Waals surface area contributed by atoms with Crippen molar-refractivity contribution in [2.24, 2.45) is 0 Å². The Morgan fingerprint density at radius 2 is 2.08 bits per heavy atom. The van der Waals surface area contributed by atoms with Crippen LogP contribution in [0.25, 0.3) is 0 Å². The van der Waals surface area contributed by atoms with Crippen LogP contribution in [0, 0.1) is 0 Å². The van der Waals surface area contributed by atoms with Crippen molar-refractivity contribution >= 4 is 12.9 Å². The van der Waals surface area contributed by atoms with Crippen molar-refractivity contribution in [3.63, 3.8) is 0 Å². The molecule has 1 heterocycles. The molecule has 1 amide bonds. The molecule has 0 aromatic carbocycles. The fourth-order valence-corrected chi connectivity index (χ4v) is 0.680. The minimum atomic E-state index is -0.250. The second-order valence-corrected chi connectivity index (χ2v) is 2.02. The molecule has 0 radical (unpaired) electrons. The van der Waals surface area contributed by atoms with Crippen molar-refractivity contribution in [1.82, 2.24) is 15.3 Å². The van der Waals surface area contributed by atoms with E-state index >= 15 is 0 Å². The molecule has 2 N–H and O–H groups in total. The van der Waals surface area contributed by atoms with Gasteiger partial charge in [0.05, 0.1) is 0 Å². The summed E-state index contributed by atoms with van der Waals surface area (Å²) in [4.78, 5) is 20.2. The zero-order chi connectivity index (χ0) is 9.40. The highest BCUT2D eigenvalue weighted by Gasteiger charge is 2.04. The maximum atomic E-state index is 9.86. The molecule has 6 nitrogen and oxygen atoms in total. The Morgan fingerprint density at radius 3 is 2.42 bits per heavy atom. The molecule has 0 aromatic rings. The fourth-order valence-electron chi connectivity index (χ4n) is 0.680. The maximum Gasteiger partial charge on any atom is 0.290 e. The molecule has 0 unspecified atom stereocenters. The van der Waals surface area contributed by atoms with Crippen LogP contribution in [0.1, 0.15) is 0 Å². The molecule has 0 bridgehead atoms. The molecule has 0 saturated carbocycles. The lowest BCUT2D eigenvalue weighted by Gasteiger charge is -2.15. The largest absolute Gasteiger partial charge is 0.483 e. The molecule has 0 aliphatic carbocycles. The van der Waals surface area contributed by atoms with Crippen LogP contribution in [0.15, 0.2) is 12.4 Å². The van der Waals surface area contributed by atoms with Crippen LogP contribution in [-0.4, -0.2) is 41.6 Å². The van der Waals surface area contributed by atoms with E-state index in [0.717, 1.165) is 6.67 Å². The van der Waals surface area contributed by atoms with E-state index in [1.54, 1.807) is 11.2 Å². The van der Waals surface area contributed by atoms with E-state index in [1.165, 1.54) is 0 Å². The minimum Gasteiger partial charge on any atom is -0.483 e.